The van der Waals surface area contributed by atoms with E-state index in [9.17, 15) is 19.8 Å². The minimum Gasteiger partial charge on any atom is -0.508 e. The van der Waals surface area contributed by atoms with Gasteiger partial charge in [0.2, 0.25) is 11.7 Å². The first-order chi connectivity index (χ1) is 22.5. The number of nitrogens with one attached hydrogen (secondary N) is 1. The molecule has 0 spiro atoms. The van der Waals surface area contributed by atoms with Crippen molar-refractivity contribution in [3.63, 3.8) is 0 Å². The zero-order valence-electron chi connectivity index (χ0n) is 25.1. The Hall–Kier alpha value is -5.02. The molecule has 0 radical (unpaired) electrons. The highest BCUT2D eigenvalue weighted by Crippen LogP contribution is 2.47. The van der Waals surface area contributed by atoms with Crippen LogP contribution in [0, 0.1) is 0 Å². The SMILES string of the molecule is O=C(NCCO)C1=CC2OC(c3ccccc3)(c3ccccc3)OC2C(OC(=O)c2cccc(C=CCc3ccccc3O)c2)C1. The highest BCUT2D eigenvalue weighted by Gasteiger charge is 2.54. The summed E-state index contributed by atoms with van der Waals surface area (Å²) in [5, 5.41) is 22.0. The average Bonchev–Trinajstić information content (AvgIpc) is 3.50. The standard InChI is InChI=1S/C38H35NO7/c40-22-21-39-36(42)29-24-33(44-37(43)28-15-10-12-26(23-28)11-9-14-27-13-7-8-20-32(27)41)35-34(25-29)45-38(46-35,30-16-3-1-4-17-30)31-18-5-2-6-19-31/h1-13,15-20,23,25,33-35,40-41H,14,21-22,24H2,(H,39,42). The molecule has 1 heterocycles. The molecular weight excluding hydrogens is 582 g/mol. The molecule has 6 rings (SSSR count). The Morgan fingerprint density at radius 3 is 2.28 bits per heavy atom. The van der Waals surface area contributed by atoms with Crippen LogP contribution in [-0.2, 0) is 31.2 Å². The Morgan fingerprint density at radius 1 is 0.891 bits per heavy atom. The predicted molar refractivity (Wildman–Crippen MR) is 173 cm³/mol. The van der Waals surface area contributed by atoms with Gasteiger partial charge in [-0.15, -0.1) is 0 Å². The average molecular weight is 618 g/mol. The second kappa shape index (κ2) is 14.0. The van der Waals surface area contributed by atoms with Crippen LogP contribution in [0.1, 0.15) is 39.0 Å². The molecule has 2 aliphatic rings. The molecule has 3 atom stereocenters. The minimum atomic E-state index is -1.30. The fourth-order valence-electron chi connectivity index (χ4n) is 5.86. The molecule has 0 bridgehead atoms. The van der Waals surface area contributed by atoms with Gasteiger partial charge < -0.3 is 29.7 Å². The summed E-state index contributed by atoms with van der Waals surface area (Å²) in [4.78, 5) is 26.7. The van der Waals surface area contributed by atoms with Gasteiger partial charge in [-0.25, -0.2) is 4.79 Å². The second-order valence-electron chi connectivity index (χ2n) is 11.2. The highest BCUT2D eigenvalue weighted by atomic mass is 16.8. The molecule has 234 valence electrons. The molecule has 0 saturated carbocycles. The van der Waals surface area contributed by atoms with E-state index < -0.39 is 30.1 Å². The first kappa shape index (κ1) is 31.0. The zero-order valence-corrected chi connectivity index (χ0v) is 25.1. The van der Waals surface area contributed by atoms with Crippen LogP contribution in [-0.4, -0.2) is 53.6 Å². The summed E-state index contributed by atoms with van der Waals surface area (Å²) in [7, 11) is 0. The van der Waals surface area contributed by atoms with Crippen LogP contribution in [0.25, 0.3) is 6.08 Å². The number of para-hydroxylation sites is 1. The molecule has 1 amide bonds. The summed E-state index contributed by atoms with van der Waals surface area (Å²) in [5.41, 5.74) is 3.86. The predicted octanol–water partition coefficient (Wildman–Crippen LogP) is 5.30. The lowest BCUT2D eigenvalue weighted by Crippen LogP contribution is -2.43. The van der Waals surface area contributed by atoms with Crippen LogP contribution in [0.15, 0.2) is 127 Å². The van der Waals surface area contributed by atoms with Gasteiger partial charge in [-0.05, 0) is 41.8 Å². The van der Waals surface area contributed by atoms with E-state index in [1.165, 1.54) is 0 Å². The van der Waals surface area contributed by atoms with Crippen molar-refractivity contribution in [1.29, 1.82) is 0 Å². The van der Waals surface area contributed by atoms with E-state index in [4.69, 9.17) is 14.2 Å². The molecule has 4 aromatic rings. The number of phenolic OH excluding ortho intramolecular Hbond substituents is 1. The number of benzene rings is 4. The molecule has 0 aromatic heterocycles. The molecule has 3 N–H and O–H groups in total. The van der Waals surface area contributed by atoms with Crippen LogP contribution >= 0.6 is 0 Å². The Bertz CT molecular complexity index is 1690. The number of aliphatic hydroxyl groups is 1. The first-order valence-corrected chi connectivity index (χ1v) is 15.3. The first-order valence-electron chi connectivity index (χ1n) is 15.3. The quantitative estimate of drug-likeness (QED) is 0.207. The lowest BCUT2D eigenvalue weighted by molar-refractivity contribution is -0.157. The van der Waals surface area contributed by atoms with E-state index in [-0.39, 0.29) is 31.2 Å². The number of aliphatic hydroxyl groups excluding tert-OH is 1. The van der Waals surface area contributed by atoms with Crippen LogP contribution in [0.2, 0.25) is 0 Å². The maximum atomic E-state index is 13.6. The number of carbonyl (C=O) groups is 2. The van der Waals surface area contributed by atoms with Gasteiger partial charge in [0.15, 0.2) is 0 Å². The number of esters is 1. The maximum Gasteiger partial charge on any atom is 0.338 e. The second-order valence-corrected chi connectivity index (χ2v) is 11.2. The van der Waals surface area contributed by atoms with E-state index in [0.29, 0.717) is 17.6 Å². The number of phenols is 1. The number of aromatic hydroxyl groups is 1. The number of carbonyl (C=O) groups excluding carboxylic acids is 2. The van der Waals surface area contributed by atoms with Crippen molar-refractivity contribution in [2.45, 2.75) is 36.9 Å². The minimum absolute atomic E-state index is 0.0915. The molecule has 3 unspecified atom stereocenters. The molecule has 1 saturated heterocycles. The Kier molecular flexibility index (Phi) is 9.40. The number of amides is 1. The van der Waals surface area contributed by atoms with Gasteiger partial charge in [-0.1, -0.05) is 103 Å². The number of hydrogen-bond donors (Lipinski definition) is 3. The lowest BCUT2D eigenvalue weighted by atomic mass is 9.91. The fraction of sp³-hybridized carbons (Fsp3) is 0.211. The van der Waals surface area contributed by atoms with Crippen molar-refractivity contribution >= 4 is 18.0 Å². The van der Waals surface area contributed by atoms with Crippen molar-refractivity contribution in [3.05, 3.63) is 155 Å². The highest BCUT2D eigenvalue weighted by molar-refractivity contribution is 5.94. The maximum absolute atomic E-state index is 13.6. The molecule has 4 aromatic carbocycles. The van der Waals surface area contributed by atoms with Crippen LogP contribution in [0.3, 0.4) is 0 Å². The fourth-order valence-corrected chi connectivity index (χ4v) is 5.86. The summed E-state index contributed by atoms with van der Waals surface area (Å²) in [6.07, 6.45) is 3.91. The third kappa shape index (κ3) is 6.65. The topological polar surface area (TPSA) is 114 Å². The van der Waals surface area contributed by atoms with E-state index in [2.05, 4.69) is 5.32 Å². The van der Waals surface area contributed by atoms with Gasteiger partial charge in [0.25, 0.3) is 0 Å². The van der Waals surface area contributed by atoms with Crippen LogP contribution in [0.4, 0.5) is 0 Å². The molecule has 1 aliphatic carbocycles. The van der Waals surface area contributed by atoms with E-state index in [0.717, 1.165) is 22.3 Å². The third-order valence-electron chi connectivity index (χ3n) is 8.10. The number of allylic oxidation sites excluding steroid dienone is 1. The van der Waals surface area contributed by atoms with Gasteiger partial charge in [0.1, 0.15) is 24.1 Å². The van der Waals surface area contributed by atoms with Crippen molar-refractivity contribution < 1.29 is 34.0 Å². The van der Waals surface area contributed by atoms with Gasteiger partial charge in [0, 0.05) is 29.7 Å². The van der Waals surface area contributed by atoms with Gasteiger partial charge in [-0.3, -0.25) is 4.79 Å². The van der Waals surface area contributed by atoms with Crippen molar-refractivity contribution in [2.24, 2.45) is 0 Å². The Morgan fingerprint density at radius 2 is 1.59 bits per heavy atom. The van der Waals surface area contributed by atoms with Crippen molar-refractivity contribution in [3.8, 4) is 5.75 Å². The van der Waals surface area contributed by atoms with E-state index in [1.54, 1.807) is 36.4 Å². The smallest absolute Gasteiger partial charge is 0.338 e. The van der Waals surface area contributed by atoms with Crippen LogP contribution < -0.4 is 5.32 Å². The normalized spacial score (nSPS) is 20.1. The van der Waals surface area contributed by atoms with Gasteiger partial charge in [-0.2, -0.15) is 0 Å². The monoisotopic (exact) mass is 617 g/mol. The summed E-state index contributed by atoms with van der Waals surface area (Å²) < 4.78 is 19.6. The number of fused-ring (bicyclic) bond motifs is 1. The third-order valence-corrected chi connectivity index (χ3v) is 8.10. The number of hydrogen-bond acceptors (Lipinski definition) is 7. The van der Waals surface area contributed by atoms with Gasteiger partial charge in [0.05, 0.1) is 12.2 Å². The van der Waals surface area contributed by atoms with Crippen molar-refractivity contribution in [2.75, 3.05) is 13.2 Å². The van der Waals surface area contributed by atoms with Crippen molar-refractivity contribution in [1.82, 2.24) is 5.32 Å². The molecule has 1 fully saturated rings. The summed E-state index contributed by atoms with van der Waals surface area (Å²) in [6, 6.07) is 33.3. The molecule has 8 nitrogen and oxygen atoms in total. The molecule has 1 aliphatic heterocycles. The largest absolute Gasteiger partial charge is 0.508 e. The Balaban J connectivity index is 1.27. The van der Waals surface area contributed by atoms with Gasteiger partial charge >= 0.3 is 5.97 Å². The zero-order chi connectivity index (χ0) is 31.9. The van der Waals surface area contributed by atoms with E-state index >= 15 is 0 Å². The summed E-state index contributed by atoms with van der Waals surface area (Å²) in [6.45, 7) is -0.111. The lowest BCUT2D eigenvalue weighted by Gasteiger charge is -2.31. The van der Waals surface area contributed by atoms with Crippen LogP contribution in [0.5, 0.6) is 5.75 Å². The summed E-state index contributed by atoms with van der Waals surface area (Å²) >= 11 is 0. The van der Waals surface area contributed by atoms with E-state index in [1.807, 2.05) is 91.0 Å². The molecule has 46 heavy (non-hydrogen) atoms. The molecule has 8 heteroatoms. The Labute approximate surface area is 267 Å². The molecular formula is C38H35NO7. The number of rotatable bonds is 10. The summed E-state index contributed by atoms with van der Waals surface area (Å²) in [5.74, 6) is -1.99. The number of ether oxygens (including phenoxy) is 3.